The third-order valence-electron chi connectivity index (χ3n) is 1.88. The number of hydrogen-bond acceptors (Lipinski definition) is 2. The molecule has 0 saturated heterocycles. The quantitative estimate of drug-likeness (QED) is 0.786. The lowest BCUT2D eigenvalue weighted by Crippen LogP contribution is -2.04. The van der Waals surface area contributed by atoms with Gasteiger partial charge in [0, 0.05) is 6.92 Å². The summed E-state index contributed by atoms with van der Waals surface area (Å²) in [7, 11) is 1.96. The van der Waals surface area contributed by atoms with Gasteiger partial charge in [-0.3, -0.25) is 4.79 Å². The Balaban J connectivity index is -0.000000226. The summed E-state index contributed by atoms with van der Waals surface area (Å²) in [5.41, 5.74) is 1.44. The fraction of sp³-hybridized carbons (Fsp3) is 0.588. The normalized spacial score (nSPS) is 7.95. The molecule has 0 heterocycles. The summed E-state index contributed by atoms with van der Waals surface area (Å²) in [5.74, 6) is 0. The van der Waals surface area contributed by atoms with Crippen LogP contribution in [0, 0.1) is 0 Å². The number of benzene rings is 1. The molecule has 0 saturated carbocycles. The van der Waals surface area contributed by atoms with Crippen molar-refractivity contribution in [3.8, 4) is 0 Å². The van der Waals surface area contributed by atoms with E-state index in [1.807, 2.05) is 20.9 Å². The monoisotopic (exact) mass is 299 g/mol. The number of hydrogen-bond donors (Lipinski definition) is 2. The second-order valence-corrected chi connectivity index (χ2v) is 4.49. The fourth-order valence-corrected chi connectivity index (χ4v) is 1.18. The number of aryl methyl sites for hydroxylation is 1. The second kappa shape index (κ2) is 23.3. The highest BCUT2D eigenvalue weighted by atomic mass is 32.1. The van der Waals surface area contributed by atoms with Crippen LogP contribution in [0.3, 0.4) is 0 Å². The molecule has 118 valence electrons. The van der Waals surface area contributed by atoms with Crippen LogP contribution in [0.5, 0.6) is 0 Å². The predicted octanol–water partition coefficient (Wildman–Crippen LogP) is 4.74. The Morgan fingerprint density at radius 3 is 1.80 bits per heavy atom. The Hall–Kier alpha value is -0.800. The van der Waals surface area contributed by atoms with E-state index in [4.69, 9.17) is 0 Å². The van der Waals surface area contributed by atoms with Crippen molar-refractivity contribution in [1.29, 1.82) is 0 Å². The van der Waals surface area contributed by atoms with Crippen molar-refractivity contribution < 1.29 is 4.79 Å². The molecule has 0 fully saturated rings. The molecule has 0 amide bonds. The molecule has 0 aliphatic rings. The summed E-state index contributed by atoms with van der Waals surface area (Å²) in [6, 6.07) is 10.6. The van der Waals surface area contributed by atoms with Gasteiger partial charge in [0.1, 0.15) is 0 Å². The third kappa shape index (κ3) is 30.3. The molecule has 0 aliphatic heterocycles. The lowest BCUT2D eigenvalue weighted by molar-refractivity contribution is -0.108. The highest BCUT2D eigenvalue weighted by molar-refractivity contribution is 7.96. The zero-order valence-corrected chi connectivity index (χ0v) is 15.0. The summed E-state index contributed by atoms with van der Waals surface area (Å²) in [6.07, 6.45) is 3.68. The Morgan fingerprint density at radius 2 is 1.55 bits per heavy atom. The molecule has 1 aromatic rings. The smallest absolute Gasteiger partial charge is 0.182 e. The van der Waals surface area contributed by atoms with Gasteiger partial charge in [0.15, 0.2) is 5.12 Å². The van der Waals surface area contributed by atoms with Crippen LogP contribution < -0.4 is 5.32 Å². The Labute approximate surface area is 131 Å². The minimum absolute atomic E-state index is 0.139. The van der Waals surface area contributed by atoms with Crippen LogP contribution in [0.1, 0.15) is 53.0 Å². The van der Waals surface area contributed by atoms with Crippen molar-refractivity contribution in [2.75, 3.05) is 13.6 Å². The van der Waals surface area contributed by atoms with Crippen LogP contribution in [0.4, 0.5) is 0 Å². The molecule has 0 unspecified atom stereocenters. The van der Waals surface area contributed by atoms with Crippen LogP contribution in [0.2, 0.25) is 0 Å². The lowest BCUT2D eigenvalue weighted by atomic mass is 10.1. The Morgan fingerprint density at radius 1 is 1.10 bits per heavy atom. The maximum absolute atomic E-state index is 9.31. The summed E-state index contributed by atoms with van der Waals surface area (Å²) >= 11 is 3.33. The van der Waals surface area contributed by atoms with Gasteiger partial charge in [-0.2, -0.15) is 0 Å². The van der Waals surface area contributed by atoms with E-state index in [0.29, 0.717) is 0 Å². The average Bonchev–Trinajstić information content (AvgIpc) is 2.44. The molecular weight excluding hydrogens is 266 g/mol. The average molecular weight is 300 g/mol. The van der Waals surface area contributed by atoms with E-state index in [9.17, 15) is 4.79 Å². The van der Waals surface area contributed by atoms with Gasteiger partial charge in [0.05, 0.1) is 0 Å². The first-order valence-corrected chi connectivity index (χ1v) is 7.91. The van der Waals surface area contributed by atoms with Gasteiger partial charge >= 0.3 is 0 Å². The van der Waals surface area contributed by atoms with Crippen molar-refractivity contribution in [2.24, 2.45) is 0 Å². The van der Waals surface area contributed by atoms with Gasteiger partial charge < -0.3 is 5.32 Å². The molecular formula is C17H33NOS. The predicted molar refractivity (Wildman–Crippen MR) is 95.7 cm³/mol. The van der Waals surface area contributed by atoms with Crippen molar-refractivity contribution in [3.05, 3.63) is 35.9 Å². The molecule has 20 heavy (non-hydrogen) atoms. The van der Waals surface area contributed by atoms with Gasteiger partial charge in [-0.05, 0) is 32.0 Å². The molecule has 0 aromatic heterocycles. The number of thiol groups is 1. The van der Waals surface area contributed by atoms with E-state index in [0.717, 1.165) is 6.54 Å². The topological polar surface area (TPSA) is 29.1 Å². The second-order valence-electron chi connectivity index (χ2n) is 3.86. The van der Waals surface area contributed by atoms with E-state index in [1.54, 1.807) is 0 Å². The molecule has 3 heteroatoms. The third-order valence-corrected chi connectivity index (χ3v) is 1.88. The largest absolute Gasteiger partial charge is 0.320 e. The van der Waals surface area contributed by atoms with Crippen molar-refractivity contribution in [1.82, 2.24) is 5.32 Å². The Bertz CT molecular complexity index is 270. The zero-order valence-electron chi connectivity index (χ0n) is 14.1. The van der Waals surface area contributed by atoms with E-state index in [-0.39, 0.29) is 5.12 Å². The molecule has 0 aliphatic carbocycles. The molecule has 1 N–H and O–H groups in total. The lowest BCUT2D eigenvalue weighted by Gasteiger charge is -1.93. The highest BCUT2D eigenvalue weighted by Gasteiger charge is 1.84. The van der Waals surface area contributed by atoms with Crippen LogP contribution in [-0.2, 0) is 11.2 Å². The van der Waals surface area contributed by atoms with Crippen LogP contribution in [0.15, 0.2) is 30.3 Å². The first-order chi connectivity index (χ1) is 9.58. The van der Waals surface area contributed by atoms with Gasteiger partial charge in [-0.1, -0.05) is 64.4 Å². The zero-order chi connectivity index (χ0) is 16.2. The minimum Gasteiger partial charge on any atom is -0.320 e. The fourth-order valence-electron chi connectivity index (χ4n) is 1.18. The number of carbonyl (C=O) groups excluding carboxylic acids is 1. The summed E-state index contributed by atoms with van der Waals surface area (Å²) in [6.45, 7) is 10.9. The van der Waals surface area contributed by atoms with Crippen molar-refractivity contribution in [2.45, 2.75) is 53.9 Å². The van der Waals surface area contributed by atoms with Gasteiger partial charge in [0.25, 0.3) is 0 Å². The van der Waals surface area contributed by atoms with Gasteiger partial charge in [-0.15, -0.1) is 12.6 Å². The van der Waals surface area contributed by atoms with Crippen molar-refractivity contribution in [3.63, 3.8) is 0 Å². The number of carbonyl (C=O) groups is 1. The Kier molecular flexibility index (Phi) is 28.2. The molecule has 2 nitrogen and oxygen atoms in total. The van der Waals surface area contributed by atoms with E-state index < -0.39 is 0 Å². The number of rotatable bonds is 4. The van der Waals surface area contributed by atoms with E-state index >= 15 is 0 Å². The minimum atomic E-state index is -0.139. The van der Waals surface area contributed by atoms with Crippen LogP contribution in [0.25, 0.3) is 0 Å². The van der Waals surface area contributed by atoms with Crippen LogP contribution in [-0.4, -0.2) is 18.7 Å². The molecule has 1 rings (SSSR count). The standard InChI is InChI=1S/C9H12.C4H11N.C2H4OS.C2H6/c1-2-6-9-7-4-3-5-8-9;1-3-4-5-2;1-2(3)4;1-2/h3-5,7-8H,2,6H2,1H3;5H,3-4H2,1-2H3;1H3,(H,3,4);1-2H3. The van der Waals surface area contributed by atoms with Crippen molar-refractivity contribution >= 4 is 17.7 Å². The molecule has 0 radical (unpaired) electrons. The highest BCUT2D eigenvalue weighted by Crippen LogP contribution is 2.00. The first-order valence-electron chi connectivity index (χ1n) is 7.46. The summed E-state index contributed by atoms with van der Waals surface area (Å²) < 4.78 is 0. The van der Waals surface area contributed by atoms with Gasteiger partial charge in [0.2, 0.25) is 0 Å². The van der Waals surface area contributed by atoms with Crippen LogP contribution >= 0.6 is 12.6 Å². The number of nitrogens with one attached hydrogen (secondary N) is 1. The van der Waals surface area contributed by atoms with E-state index in [2.05, 4.69) is 62.1 Å². The summed E-state index contributed by atoms with van der Waals surface area (Å²) in [4.78, 5) is 9.31. The molecule has 0 atom stereocenters. The molecule has 0 bridgehead atoms. The maximum Gasteiger partial charge on any atom is 0.182 e. The first kappa shape index (κ1) is 24.2. The summed E-state index contributed by atoms with van der Waals surface area (Å²) in [5, 5.41) is 2.88. The maximum atomic E-state index is 9.31. The molecule has 0 spiro atoms. The molecule has 1 aromatic carbocycles. The van der Waals surface area contributed by atoms with E-state index in [1.165, 1.54) is 31.7 Å². The van der Waals surface area contributed by atoms with Gasteiger partial charge in [-0.25, -0.2) is 0 Å². The SMILES string of the molecule is CC.CC(=O)S.CCCNC.CCCc1ccccc1.